The summed E-state index contributed by atoms with van der Waals surface area (Å²) in [6.45, 7) is 4.97. The van der Waals surface area contributed by atoms with Gasteiger partial charge in [-0.25, -0.2) is 9.67 Å². The Morgan fingerprint density at radius 3 is 2.72 bits per heavy atom. The van der Waals surface area contributed by atoms with Crippen LogP contribution in [0.3, 0.4) is 0 Å². The van der Waals surface area contributed by atoms with E-state index < -0.39 is 5.95 Å². The van der Waals surface area contributed by atoms with Crippen LogP contribution in [-0.2, 0) is 4.74 Å². The number of methoxy groups -OCH3 is 1. The average Bonchev–Trinajstić information content (AvgIpc) is 3.17. The highest BCUT2D eigenvalue weighted by Gasteiger charge is 2.20. The summed E-state index contributed by atoms with van der Waals surface area (Å²) in [5, 5.41) is 7.65. The Morgan fingerprint density at radius 1 is 1.14 bits per heavy atom. The van der Waals surface area contributed by atoms with Gasteiger partial charge in [0.2, 0.25) is 11.9 Å². The van der Waals surface area contributed by atoms with Gasteiger partial charge in [-0.1, -0.05) is 0 Å². The number of pyridine rings is 1. The lowest BCUT2D eigenvalue weighted by atomic mass is 9.97. The summed E-state index contributed by atoms with van der Waals surface area (Å²) in [7, 11) is 1.77. The quantitative estimate of drug-likeness (QED) is 0.641. The van der Waals surface area contributed by atoms with Crippen LogP contribution in [0.15, 0.2) is 42.9 Å². The molecule has 3 aromatic rings. The minimum Gasteiger partial charge on any atom is -0.384 e. The number of nitrogens with one attached hydrogen (secondary N) is 1. The molecule has 0 atom stereocenters. The van der Waals surface area contributed by atoms with Crippen molar-refractivity contribution in [2.75, 3.05) is 37.0 Å². The van der Waals surface area contributed by atoms with Gasteiger partial charge in [-0.15, -0.1) is 5.10 Å². The molecule has 1 aliphatic rings. The summed E-state index contributed by atoms with van der Waals surface area (Å²) in [4.78, 5) is 10.3. The molecule has 0 unspecified atom stereocenters. The van der Waals surface area contributed by atoms with Crippen molar-refractivity contribution < 1.29 is 9.13 Å². The minimum atomic E-state index is -0.551. The number of anilines is 3. The Kier molecular flexibility index (Phi) is 5.71. The summed E-state index contributed by atoms with van der Waals surface area (Å²) in [6.07, 6.45) is 5.23. The second-order valence-electron chi connectivity index (χ2n) is 7.42. The molecule has 8 heteroatoms. The zero-order valence-corrected chi connectivity index (χ0v) is 16.7. The van der Waals surface area contributed by atoms with Gasteiger partial charge >= 0.3 is 0 Å². The maximum Gasteiger partial charge on any atom is 0.246 e. The topological polar surface area (TPSA) is 68.1 Å². The van der Waals surface area contributed by atoms with E-state index in [9.17, 15) is 4.39 Å². The Hall–Kier alpha value is -3.00. The van der Waals surface area contributed by atoms with Crippen molar-refractivity contribution in [3.63, 3.8) is 0 Å². The van der Waals surface area contributed by atoms with Gasteiger partial charge < -0.3 is 15.0 Å². The molecule has 0 aliphatic carbocycles. The summed E-state index contributed by atoms with van der Waals surface area (Å²) in [6, 6.07) is 9.38. The number of hydrogen-bond donors (Lipinski definition) is 1. The zero-order chi connectivity index (χ0) is 20.2. The number of hydrogen-bond acceptors (Lipinski definition) is 6. The van der Waals surface area contributed by atoms with Crippen molar-refractivity contribution in [2.45, 2.75) is 19.8 Å². The lowest BCUT2D eigenvalue weighted by molar-refractivity contribution is 0.139. The first kappa shape index (κ1) is 19.3. The third-order valence-electron chi connectivity index (χ3n) is 5.17. The molecule has 2 aromatic heterocycles. The van der Waals surface area contributed by atoms with E-state index in [0.29, 0.717) is 17.6 Å². The van der Waals surface area contributed by atoms with Crippen molar-refractivity contribution in [1.82, 2.24) is 19.7 Å². The van der Waals surface area contributed by atoms with Crippen molar-refractivity contribution in [3.8, 4) is 5.69 Å². The third-order valence-corrected chi connectivity index (χ3v) is 5.17. The number of aryl methyl sites for hydroxylation is 1. The molecule has 1 N–H and O–H groups in total. The van der Waals surface area contributed by atoms with E-state index in [4.69, 9.17) is 4.74 Å². The van der Waals surface area contributed by atoms with Gasteiger partial charge in [-0.2, -0.15) is 9.37 Å². The maximum absolute atomic E-state index is 13.3. The molecule has 1 aliphatic heterocycles. The highest BCUT2D eigenvalue weighted by molar-refractivity contribution is 5.64. The van der Waals surface area contributed by atoms with Crippen molar-refractivity contribution in [2.24, 2.45) is 5.92 Å². The van der Waals surface area contributed by atoms with E-state index in [0.717, 1.165) is 38.2 Å². The van der Waals surface area contributed by atoms with Crippen molar-refractivity contribution >= 4 is 17.3 Å². The Labute approximate surface area is 169 Å². The van der Waals surface area contributed by atoms with Gasteiger partial charge in [0.05, 0.1) is 5.69 Å². The first-order valence-electron chi connectivity index (χ1n) is 9.77. The van der Waals surface area contributed by atoms with E-state index in [1.807, 2.05) is 0 Å². The summed E-state index contributed by atoms with van der Waals surface area (Å²) >= 11 is 0. The van der Waals surface area contributed by atoms with Gasteiger partial charge in [0, 0.05) is 50.4 Å². The molecule has 0 saturated carbocycles. The Balaban J connectivity index is 1.47. The SMILES string of the molecule is COCC1CCN(c2cc(C)cc(Nc3ncn(-c4ccnc(F)c4)n3)c2)CC1. The largest absolute Gasteiger partial charge is 0.384 e. The predicted molar refractivity (Wildman–Crippen MR) is 110 cm³/mol. The molecule has 0 radical (unpaired) electrons. The fourth-order valence-electron chi connectivity index (χ4n) is 3.72. The number of ether oxygens (including phenoxy) is 1. The van der Waals surface area contributed by atoms with Crippen LogP contribution >= 0.6 is 0 Å². The smallest absolute Gasteiger partial charge is 0.246 e. The molecule has 152 valence electrons. The molecule has 0 amide bonds. The van der Waals surface area contributed by atoms with Crippen LogP contribution in [0.4, 0.5) is 21.7 Å². The highest BCUT2D eigenvalue weighted by Crippen LogP contribution is 2.28. The number of benzene rings is 1. The van der Waals surface area contributed by atoms with E-state index in [-0.39, 0.29) is 0 Å². The van der Waals surface area contributed by atoms with E-state index in [2.05, 4.69) is 50.4 Å². The van der Waals surface area contributed by atoms with E-state index >= 15 is 0 Å². The lowest BCUT2D eigenvalue weighted by Gasteiger charge is -2.33. The monoisotopic (exact) mass is 396 g/mol. The summed E-state index contributed by atoms with van der Waals surface area (Å²) < 4.78 is 20.2. The fraction of sp³-hybridized carbons (Fsp3) is 0.381. The van der Waals surface area contributed by atoms with Crippen LogP contribution in [0, 0.1) is 18.8 Å². The predicted octanol–water partition coefficient (Wildman–Crippen LogP) is 3.72. The maximum atomic E-state index is 13.3. The minimum absolute atomic E-state index is 0.456. The molecule has 1 saturated heterocycles. The van der Waals surface area contributed by atoms with Crippen LogP contribution in [0.5, 0.6) is 0 Å². The summed E-state index contributed by atoms with van der Waals surface area (Å²) in [5.74, 6) is 0.549. The Morgan fingerprint density at radius 2 is 1.97 bits per heavy atom. The number of piperidine rings is 1. The van der Waals surface area contributed by atoms with Gasteiger partial charge in [0.25, 0.3) is 0 Å². The first-order chi connectivity index (χ1) is 14.1. The lowest BCUT2D eigenvalue weighted by Crippen LogP contribution is -2.35. The third kappa shape index (κ3) is 4.71. The average molecular weight is 396 g/mol. The van der Waals surface area contributed by atoms with Gasteiger partial charge in [-0.3, -0.25) is 0 Å². The molecule has 7 nitrogen and oxygen atoms in total. The zero-order valence-electron chi connectivity index (χ0n) is 16.7. The van der Waals surface area contributed by atoms with Crippen molar-refractivity contribution in [1.29, 1.82) is 0 Å². The van der Waals surface area contributed by atoms with Gasteiger partial charge in [0.1, 0.15) is 6.33 Å². The molecule has 0 bridgehead atoms. The normalized spacial score (nSPS) is 14.9. The molecule has 3 heterocycles. The molecule has 1 fully saturated rings. The molecule has 1 aromatic carbocycles. The molecule has 29 heavy (non-hydrogen) atoms. The number of nitrogens with zero attached hydrogens (tertiary/aromatic N) is 5. The van der Waals surface area contributed by atoms with E-state index in [1.54, 1.807) is 19.5 Å². The molecular formula is C21H25FN6O. The Bertz CT molecular complexity index is 967. The molecule has 0 spiro atoms. The second kappa shape index (κ2) is 8.57. The molecule has 4 rings (SSSR count). The number of halogens is 1. The van der Waals surface area contributed by atoms with Crippen LogP contribution in [0.1, 0.15) is 18.4 Å². The standard InChI is InChI=1S/C21H25FN6O/c1-15-9-17(11-19(10-15)27-7-4-16(5-8-27)13-29-2)25-21-24-14-28(26-21)18-3-6-23-20(22)12-18/h3,6,9-12,14,16H,4-5,7-8,13H2,1-2H3,(H,25,26). The first-order valence-corrected chi connectivity index (χ1v) is 9.77. The van der Waals surface area contributed by atoms with Crippen LogP contribution in [0.2, 0.25) is 0 Å². The van der Waals surface area contributed by atoms with Crippen molar-refractivity contribution in [3.05, 3.63) is 54.4 Å². The second-order valence-corrected chi connectivity index (χ2v) is 7.42. The summed E-state index contributed by atoms with van der Waals surface area (Å²) in [5.41, 5.74) is 3.86. The van der Waals surface area contributed by atoms with Crippen LogP contribution in [-0.4, -0.2) is 46.6 Å². The number of aromatic nitrogens is 4. The fourth-order valence-corrected chi connectivity index (χ4v) is 3.72. The highest BCUT2D eigenvalue weighted by atomic mass is 19.1. The van der Waals surface area contributed by atoms with Crippen LogP contribution < -0.4 is 10.2 Å². The number of rotatable bonds is 6. The van der Waals surface area contributed by atoms with E-state index in [1.165, 1.54) is 28.2 Å². The molecular weight excluding hydrogens is 371 g/mol. The van der Waals surface area contributed by atoms with Gasteiger partial charge in [0.15, 0.2) is 0 Å². The van der Waals surface area contributed by atoms with Gasteiger partial charge in [-0.05, 0) is 55.5 Å². The van der Waals surface area contributed by atoms with Crippen LogP contribution in [0.25, 0.3) is 5.69 Å².